The average Bonchev–Trinajstić information content (AvgIpc) is 2.88. The second-order valence-corrected chi connectivity index (χ2v) is 6.62. The molecule has 1 aromatic carbocycles. The summed E-state index contributed by atoms with van der Waals surface area (Å²) in [7, 11) is 0. The van der Waals surface area contributed by atoms with Crippen molar-refractivity contribution >= 4 is 34.5 Å². The zero-order valence-corrected chi connectivity index (χ0v) is 13.6. The highest BCUT2D eigenvalue weighted by atomic mass is 32.2. The van der Waals surface area contributed by atoms with E-state index in [0.29, 0.717) is 11.4 Å². The minimum atomic E-state index is -0.334. The van der Waals surface area contributed by atoms with E-state index >= 15 is 0 Å². The predicted octanol–water partition coefficient (Wildman–Crippen LogP) is 4.47. The van der Waals surface area contributed by atoms with E-state index in [1.807, 2.05) is 25.3 Å². The SMILES string of the molecule is CCCNc1c(CSc2nc(C)cs2)cccc1[N+](=O)[O-]. The molecule has 112 valence electrons. The van der Waals surface area contributed by atoms with Crippen LogP contribution in [-0.2, 0) is 5.75 Å². The van der Waals surface area contributed by atoms with Crippen LogP contribution in [0.5, 0.6) is 0 Å². The first kappa shape index (κ1) is 15.8. The smallest absolute Gasteiger partial charge is 0.292 e. The Morgan fingerprint density at radius 2 is 2.29 bits per heavy atom. The lowest BCUT2D eigenvalue weighted by molar-refractivity contribution is -0.384. The van der Waals surface area contributed by atoms with Crippen LogP contribution in [-0.4, -0.2) is 16.5 Å². The van der Waals surface area contributed by atoms with Gasteiger partial charge in [-0.25, -0.2) is 4.98 Å². The Balaban J connectivity index is 2.20. The van der Waals surface area contributed by atoms with E-state index in [9.17, 15) is 10.1 Å². The van der Waals surface area contributed by atoms with Crippen LogP contribution in [0.3, 0.4) is 0 Å². The van der Waals surface area contributed by atoms with E-state index in [1.54, 1.807) is 35.2 Å². The topological polar surface area (TPSA) is 68.1 Å². The van der Waals surface area contributed by atoms with Crippen LogP contribution < -0.4 is 5.32 Å². The Kier molecular flexibility index (Phi) is 5.58. The molecule has 0 spiro atoms. The van der Waals surface area contributed by atoms with Crippen molar-refractivity contribution in [2.75, 3.05) is 11.9 Å². The number of anilines is 1. The van der Waals surface area contributed by atoms with Crippen molar-refractivity contribution in [3.05, 3.63) is 45.0 Å². The fourth-order valence-electron chi connectivity index (χ4n) is 1.85. The largest absolute Gasteiger partial charge is 0.379 e. The van der Waals surface area contributed by atoms with Gasteiger partial charge in [-0.2, -0.15) is 0 Å². The van der Waals surface area contributed by atoms with Crippen LogP contribution in [0.1, 0.15) is 24.6 Å². The molecule has 0 saturated carbocycles. The summed E-state index contributed by atoms with van der Waals surface area (Å²) >= 11 is 3.21. The Hall–Kier alpha value is -1.60. The Labute approximate surface area is 131 Å². The molecule has 0 bridgehead atoms. The molecule has 0 unspecified atom stereocenters. The molecule has 0 amide bonds. The van der Waals surface area contributed by atoms with Gasteiger partial charge in [0.25, 0.3) is 5.69 Å². The van der Waals surface area contributed by atoms with Crippen LogP contribution in [0.2, 0.25) is 0 Å². The zero-order chi connectivity index (χ0) is 15.2. The average molecular weight is 323 g/mol. The van der Waals surface area contributed by atoms with Crippen LogP contribution in [0.15, 0.2) is 27.9 Å². The molecule has 0 aliphatic heterocycles. The maximum absolute atomic E-state index is 11.2. The van der Waals surface area contributed by atoms with Crippen LogP contribution in [0.4, 0.5) is 11.4 Å². The summed E-state index contributed by atoms with van der Waals surface area (Å²) in [6.07, 6.45) is 0.921. The number of thiazole rings is 1. The summed E-state index contributed by atoms with van der Waals surface area (Å²) < 4.78 is 0.987. The molecule has 1 heterocycles. The predicted molar refractivity (Wildman–Crippen MR) is 88.3 cm³/mol. The van der Waals surface area contributed by atoms with Gasteiger partial charge in [-0.3, -0.25) is 10.1 Å². The molecule has 1 aromatic heterocycles. The Bertz CT molecular complexity index is 628. The monoisotopic (exact) mass is 323 g/mol. The van der Waals surface area contributed by atoms with Crippen molar-refractivity contribution in [3.63, 3.8) is 0 Å². The number of hydrogen-bond acceptors (Lipinski definition) is 6. The van der Waals surface area contributed by atoms with Crippen LogP contribution in [0, 0.1) is 17.0 Å². The maximum atomic E-state index is 11.2. The number of benzene rings is 1. The number of aromatic nitrogens is 1. The normalized spacial score (nSPS) is 10.6. The molecular weight excluding hydrogens is 306 g/mol. The first-order valence-electron chi connectivity index (χ1n) is 6.67. The molecular formula is C14H17N3O2S2. The quantitative estimate of drug-likeness (QED) is 0.462. The van der Waals surface area contributed by atoms with Gasteiger partial charge in [0.1, 0.15) is 10.0 Å². The van der Waals surface area contributed by atoms with Gasteiger partial charge in [-0.1, -0.05) is 30.8 Å². The number of thioether (sulfide) groups is 1. The van der Waals surface area contributed by atoms with Gasteiger partial charge >= 0.3 is 0 Å². The first-order chi connectivity index (χ1) is 10.1. The van der Waals surface area contributed by atoms with E-state index in [-0.39, 0.29) is 10.6 Å². The molecule has 0 atom stereocenters. The summed E-state index contributed by atoms with van der Waals surface area (Å²) in [5.41, 5.74) is 2.71. The fraction of sp³-hybridized carbons (Fsp3) is 0.357. The molecule has 5 nitrogen and oxygen atoms in total. The Morgan fingerprint density at radius 1 is 1.48 bits per heavy atom. The molecule has 2 aromatic rings. The molecule has 0 aliphatic carbocycles. The maximum Gasteiger partial charge on any atom is 0.292 e. The van der Waals surface area contributed by atoms with Gasteiger partial charge in [-0.05, 0) is 18.9 Å². The minimum absolute atomic E-state index is 0.136. The van der Waals surface area contributed by atoms with E-state index in [4.69, 9.17) is 0 Å². The molecule has 1 N–H and O–H groups in total. The summed E-state index contributed by atoms with van der Waals surface area (Å²) in [5, 5.41) is 16.4. The number of nitrogens with one attached hydrogen (secondary N) is 1. The number of para-hydroxylation sites is 1. The van der Waals surface area contributed by atoms with Crippen LogP contribution >= 0.6 is 23.1 Å². The van der Waals surface area contributed by atoms with E-state index < -0.39 is 0 Å². The van der Waals surface area contributed by atoms with Crippen molar-refractivity contribution in [2.45, 2.75) is 30.4 Å². The second-order valence-electron chi connectivity index (χ2n) is 4.54. The van der Waals surface area contributed by atoms with Gasteiger partial charge in [0.15, 0.2) is 0 Å². The number of nitrogens with zero attached hydrogens (tertiary/aromatic N) is 2. The molecule has 0 aliphatic rings. The highest BCUT2D eigenvalue weighted by Gasteiger charge is 2.17. The number of hydrogen-bond donors (Lipinski definition) is 1. The number of nitro groups is 1. The lowest BCUT2D eigenvalue weighted by atomic mass is 10.1. The molecule has 0 saturated heterocycles. The lowest BCUT2D eigenvalue weighted by Gasteiger charge is -2.11. The van der Waals surface area contributed by atoms with E-state index in [1.165, 1.54) is 0 Å². The summed E-state index contributed by atoms with van der Waals surface area (Å²) in [4.78, 5) is 15.2. The van der Waals surface area contributed by atoms with Gasteiger partial charge < -0.3 is 5.32 Å². The molecule has 21 heavy (non-hydrogen) atoms. The fourth-order valence-corrected chi connectivity index (χ4v) is 3.69. The molecule has 0 radical (unpaired) electrons. The zero-order valence-electron chi connectivity index (χ0n) is 12.0. The van der Waals surface area contributed by atoms with Gasteiger partial charge in [0.05, 0.1) is 4.92 Å². The van der Waals surface area contributed by atoms with Crippen LogP contribution in [0.25, 0.3) is 0 Å². The van der Waals surface area contributed by atoms with Crippen molar-refractivity contribution in [2.24, 2.45) is 0 Å². The van der Waals surface area contributed by atoms with Crippen molar-refractivity contribution < 1.29 is 4.92 Å². The Morgan fingerprint density at radius 3 is 2.90 bits per heavy atom. The van der Waals surface area contributed by atoms with E-state index in [0.717, 1.165) is 28.6 Å². The van der Waals surface area contributed by atoms with Crippen molar-refractivity contribution in [1.29, 1.82) is 0 Å². The summed E-state index contributed by atoms with van der Waals surface area (Å²) in [6, 6.07) is 5.20. The summed E-state index contributed by atoms with van der Waals surface area (Å²) in [5.74, 6) is 0.667. The summed E-state index contributed by atoms with van der Waals surface area (Å²) in [6.45, 7) is 4.72. The highest BCUT2D eigenvalue weighted by Crippen LogP contribution is 2.33. The van der Waals surface area contributed by atoms with Gasteiger partial charge in [-0.15, -0.1) is 11.3 Å². The van der Waals surface area contributed by atoms with Crippen molar-refractivity contribution in [3.8, 4) is 0 Å². The standard InChI is InChI=1S/C14H17N3O2S2/c1-3-7-15-13-11(5-4-6-12(13)17(18)19)9-21-14-16-10(2)8-20-14/h4-6,8,15H,3,7,9H2,1-2H3. The third kappa shape index (κ3) is 4.18. The number of nitro benzene ring substituents is 1. The van der Waals surface area contributed by atoms with Crippen molar-refractivity contribution in [1.82, 2.24) is 4.98 Å². The number of rotatable bonds is 7. The molecule has 2 rings (SSSR count). The first-order valence-corrected chi connectivity index (χ1v) is 8.53. The second kappa shape index (κ2) is 7.42. The molecule has 7 heteroatoms. The lowest BCUT2D eigenvalue weighted by Crippen LogP contribution is -2.06. The minimum Gasteiger partial charge on any atom is -0.379 e. The van der Waals surface area contributed by atoms with Gasteiger partial charge in [0.2, 0.25) is 0 Å². The van der Waals surface area contributed by atoms with Gasteiger partial charge in [0, 0.05) is 29.4 Å². The highest BCUT2D eigenvalue weighted by molar-refractivity contribution is 8.00. The third-order valence-electron chi connectivity index (χ3n) is 2.83. The third-order valence-corrected chi connectivity index (χ3v) is 5.01. The van der Waals surface area contributed by atoms with E-state index in [2.05, 4.69) is 10.3 Å². The molecule has 0 fully saturated rings. The number of aryl methyl sites for hydroxylation is 1.